The average Bonchev–Trinajstić information content (AvgIpc) is 2.65. The maximum Gasteiger partial charge on any atom is 0.264 e. The van der Waals surface area contributed by atoms with Gasteiger partial charge in [-0.3, -0.25) is 4.31 Å². The third kappa shape index (κ3) is 3.30. The first kappa shape index (κ1) is 17.2. The number of para-hydroxylation sites is 1. The summed E-state index contributed by atoms with van der Waals surface area (Å²) in [5, 5.41) is 1.93. The molecule has 3 aromatic rings. The van der Waals surface area contributed by atoms with Gasteiger partial charge in [0.1, 0.15) is 0 Å². The van der Waals surface area contributed by atoms with Crippen LogP contribution < -0.4 is 4.31 Å². The Morgan fingerprint density at radius 2 is 1.64 bits per heavy atom. The zero-order valence-corrected chi connectivity index (χ0v) is 15.0. The van der Waals surface area contributed by atoms with Crippen LogP contribution in [0.3, 0.4) is 0 Å². The number of anilines is 1. The first-order valence-corrected chi connectivity index (χ1v) is 9.72. The van der Waals surface area contributed by atoms with E-state index in [-0.39, 0.29) is 6.54 Å². The number of rotatable bonds is 6. The number of benzene rings is 3. The fourth-order valence-electron chi connectivity index (χ4n) is 2.95. The van der Waals surface area contributed by atoms with Crippen molar-refractivity contribution in [3.63, 3.8) is 0 Å². The summed E-state index contributed by atoms with van der Waals surface area (Å²) >= 11 is 0. The molecule has 0 radical (unpaired) electrons. The Morgan fingerprint density at radius 1 is 0.960 bits per heavy atom. The molecule has 0 bridgehead atoms. The predicted molar refractivity (Wildman–Crippen MR) is 104 cm³/mol. The number of hydrogen-bond acceptors (Lipinski definition) is 2. The van der Waals surface area contributed by atoms with E-state index < -0.39 is 10.0 Å². The van der Waals surface area contributed by atoms with Gasteiger partial charge in [-0.05, 0) is 41.0 Å². The normalized spacial score (nSPS) is 11.4. The van der Waals surface area contributed by atoms with E-state index in [9.17, 15) is 8.42 Å². The van der Waals surface area contributed by atoms with Crippen LogP contribution in [-0.2, 0) is 16.4 Å². The molecule has 0 aliphatic rings. The molecule has 3 nitrogen and oxygen atoms in total. The standard InChI is InChI=1S/C21H21NO2S/c1-3-15-22(21-12-8-7-9-17(21)4-2)25(23,24)20-14-13-18-10-5-6-11-19(18)16-20/h3,5-14,16H,1,4,15H2,2H3. The van der Waals surface area contributed by atoms with Crippen molar-refractivity contribution in [2.75, 3.05) is 10.8 Å². The second-order valence-corrected chi connectivity index (χ2v) is 7.68. The van der Waals surface area contributed by atoms with Crippen LogP contribution in [0.25, 0.3) is 10.8 Å². The number of aryl methyl sites for hydroxylation is 1. The summed E-state index contributed by atoms with van der Waals surface area (Å²) in [4.78, 5) is 0.291. The Bertz CT molecular complexity index is 1010. The zero-order chi connectivity index (χ0) is 17.9. The van der Waals surface area contributed by atoms with Gasteiger partial charge in [0.15, 0.2) is 0 Å². The van der Waals surface area contributed by atoms with E-state index in [1.165, 1.54) is 4.31 Å². The molecule has 0 aliphatic carbocycles. The van der Waals surface area contributed by atoms with Gasteiger partial charge in [0.2, 0.25) is 0 Å². The summed E-state index contributed by atoms with van der Waals surface area (Å²) in [6.07, 6.45) is 2.38. The zero-order valence-electron chi connectivity index (χ0n) is 14.2. The van der Waals surface area contributed by atoms with Crippen molar-refractivity contribution in [3.8, 4) is 0 Å². The van der Waals surface area contributed by atoms with Crippen LogP contribution in [-0.4, -0.2) is 15.0 Å². The molecule has 0 saturated carbocycles. The highest BCUT2D eigenvalue weighted by atomic mass is 32.2. The molecule has 0 aromatic heterocycles. The van der Waals surface area contributed by atoms with Crippen molar-refractivity contribution in [1.82, 2.24) is 0 Å². The molecule has 0 amide bonds. The lowest BCUT2D eigenvalue weighted by Gasteiger charge is -2.25. The molecular formula is C21H21NO2S. The third-order valence-corrected chi connectivity index (χ3v) is 6.02. The summed E-state index contributed by atoms with van der Waals surface area (Å²) < 4.78 is 28.1. The molecular weight excluding hydrogens is 330 g/mol. The Hall–Kier alpha value is -2.59. The van der Waals surface area contributed by atoms with Crippen molar-refractivity contribution < 1.29 is 8.42 Å². The van der Waals surface area contributed by atoms with Gasteiger partial charge in [-0.1, -0.05) is 61.5 Å². The van der Waals surface area contributed by atoms with Gasteiger partial charge in [-0.2, -0.15) is 0 Å². The molecule has 0 atom stereocenters. The Kier molecular flexibility index (Phi) is 4.91. The first-order chi connectivity index (χ1) is 12.1. The van der Waals surface area contributed by atoms with Gasteiger partial charge in [0.05, 0.1) is 17.1 Å². The summed E-state index contributed by atoms with van der Waals surface area (Å²) in [5.74, 6) is 0. The quantitative estimate of drug-likeness (QED) is 0.599. The van der Waals surface area contributed by atoms with Crippen LogP contribution in [0.2, 0.25) is 0 Å². The van der Waals surface area contributed by atoms with Gasteiger partial charge >= 0.3 is 0 Å². The first-order valence-electron chi connectivity index (χ1n) is 8.28. The van der Waals surface area contributed by atoms with Gasteiger partial charge in [0.25, 0.3) is 10.0 Å². The number of sulfonamides is 1. The summed E-state index contributed by atoms with van der Waals surface area (Å²) in [6.45, 7) is 5.98. The van der Waals surface area contributed by atoms with Crippen molar-refractivity contribution >= 4 is 26.5 Å². The maximum atomic E-state index is 13.3. The number of hydrogen-bond donors (Lipinski definition) is 0. The molecule has 0 N–H and O–H groups in total. The second kappa shape index (κ2) is 7.11. The van der Waals surface area contributed by atoms with Crippen molar-refractivity contribution in [1.29, 1.82) is 0 Å². The fraction of sp³-hybridized carbons (Fsp3) is 0.143. The van der Waals surface area contributed by atoms with E-state index in [0.717, 1.165) is 22.8 Å². The molecule has 4 heteroatoms. The van der Waals surface area contributed by atoms with Gasteiger partial charge < -0.3 is 0 Å². The molecule has 0 unspecified atom stereocenters. The van der Waals surface area contributed by atoms with Gasteiger partial charge in [-0.15, -0.1) is 6.58 Å². The van der Waals surface area contributed by atoms with E-state index in [1.807, 2.05) is 61.5 Å². The molecule has 3 rings (SSSR count). The Balaban J connectivity index is 2.14. The summed E-state index contributed by atoms with van der Waals surface area (Å²) in [7, 11) is -3.68. The molecule has 25 heavy (non-hydrogen) atoms. The minimum atomic E-state index is -3.68. The van der Waals surface area contributed by atoms with Crippen molar-refractivity contribution in [2.45, 2.75) is 18.2 Å². The molecule has 0 fully saturated rings. The van der Waals surface area contributed by atoms with Crippen LogP contribution >= 0.6 is 0 Å². The third-order valence-electron chi connectivity index (χ3n) is 4.25. The largest absolute Gasteiger partial charge is 0.264 e. The lowest BCUT2D eigenvalue weighted by molar-refractivity contribution is 0.593. The van der Waals surface area contributed by atoms with Crippen LogP contribution in [0.5, 0.6) is 0 Å². The highest BCUT2D eigenvalue weighted by Gasteiger charge is 2.25. The monoisotopic (exact) mass is 351 g/mol. The van der Waals surface area contributed by atoms with Crippen LogP contribution in [0, 0.1) is 0 Å². The van der Waals surface area contributed by atoms with E-state index >= 15 is 0 Å². The maximum absolute atomic E-state index is 13.3. The Morgan fingerprint density at radius 3 is 2.36 bits per heavy atom. The smallest absolute Gasteiger partial charge is 0.262 e. The van der Waals surface area contributed by atoms with Crippen LogP contribution in [0.1, 0.15) is 12.5 Å². The minimum Gasteiger partial charge on any atom is -0.262 e. The average molecular weight is 351 g/mol. The lowest BCUT2D eigenvalue weighted by Crippen LogP contribution is -2.32. The molecule has 128 valence electrons. The van der Waals surface area contributed by atoms with Gasteiger partial charge in [0, 0.05) is 0 Å². The van der Waals surface area contributed by atoms with Gasteiger partial charge in [-0.25, -0.2) is 8.42 Å². The molecule has 0 saturated heterocycles. The van der Waals surface area contributed by atoms with Crippen molar-refractivity contribution in [3.05, 3.63) is 84.9 Å². The SMILES string of the molecule is C=CCN(c1ccccc1CC)S(=O)(=O)c1ccc2ccccc2c1. The number of fused-ring (bicyclic) bond motifs is 1. The van der Waals surface area contributed by atoms with E-state index in [0.29, 0.717) is 10.6 Å². The fourth-order valence-corrected chi connectivity index (χ4v) is 4.46. The predicted octanol–water partition coefficient (Wildman–Crippen LogP) is 4.78. The molecule has 0 aliphatic heterocycles. The highest BCUT2D eigenvalue weighted by Crippen LogP contribution is 2.29. The van der Waals surface area contributed by atoms with E-state index in [4.69, 9.17) is 0 Å². The van der Waals surface area contributed by atoms with E-state index in [1.54, 1.807) is 18.2 Å². The highest BCUT2D eigenvalue weighted by molar-refractivity contribution is 7.92. The molecule has 0 heterocycles. The number of nitrogens with zero attached hydrogens (tertiary/aromatic N) is 1. The Labute approximate surface area is 149 Å². The topological polar surface area (TPSA) is 37.4 Å². The second-order valence-electron chi connectivity index (χ2n) is 5.82. The van der Waals surface area contributed by atoms with E-state index in [2.05, 4.69) is 6.58 Å². The summed E-state index contributed by atoms with van der Waals surface area (Å²) in [5.41, 5.74) is 1.70. The minimum absolute atomic E-state index is 0.228. The van der Waals surface area contributed by atoms with Crippen LogP contribution in [0.15, 0.2) is 84.3 Å². The lowest BCUT2D eigenvalue weighted by atomic mass is 10.1. The van der Waals surface area contributed by atoms with Crippen molar-refractivity contribution in [2.24, 2.45) is 0 Å². The molecule has 0 spiro atoms. The summed E-state index contributed by atoms with van der Waals surface area (Å²) in [6, 6.07) is 20.6. The molecule has 3 aromatic carbocycles. The van der Waals surface area contributed by atoms with Crippen LogP contribution in [0.4, 0.5) is 5.69 Å².